The summed E-state index contributed by atoms with van der Waals surface area (Å²) in [6, 6.07) is 3.32. The second kappa shape index (κ2) is 5.87. The highest BCUT2D eigenvalue weighted by Crippen LogP contribution is 2.21. The number of hydrogen-bond donors (Lipinski definition) is 3. The van der Waals surface area contributed by atoms with Crippen LogP contribution in [0.2, 0.25) is 0 Å². The Morgan fingerprint density at radius 2 is 2.25 bits per heavy atom. The number of hydrogen-bond acceptors (Lipinski definition) is 5. The predicted octanol–water partition coefficient (Wildman–Crippen LogP) is 0.533. The van der Waals surface area contributed by atoms with Gasteiger partial charge in [-0.05, 0) is 31.9 Å². The number of carbonyl (C=O) groups is 2. The molecule has 1 aliphatic heterocycles. The van der Waals surface area contributed by atoms with E-state index in [1.165, 1.54) is 0 Å². The molecule has 1 aromatic rings. The number of aromatic nitrogens is 1. The van der Waals surface area contributed by atoms with Crippen LogP contribution < -0.4 is 11.1 Å². The van der Waals surface area contributed by atoms with Crippen molar-refractivity contribution in [3.05, 3.63) is 23.4 Å². The minimum Gasteiger partial charge on any atom is -0.479 e. The van der Waals surface area contributed by atoms with Crippen molar-refractivity contribution in [3.8, 4) is 0 Å². The van der Waals surface area contributed by atoms with Gasteiger partial charge in [-0.2, -0.15) is 0 Å². The van der Waals surface area contributed by atoms with E-state index < -0.39 is 18.0 Å². The number of amides is 1. The van der Waals surface area contributed by atoms with Gasteiger partial charge in [0, 0.05) is 12.2 Å². The quantitative estimate of drug-likeness (QED) is 0.724. The van der Waals surface area contributed by atoms with Crippen molar-refractivity contribution >= 4 is 17.7 Å². The standard InChI is InChI=1S/C13H17N3O4/c1-7-2-4-9(11(14)17)12(16-7)15-6-8-3-5-10(20-8)13(18)19/h2,4,8,10H,3,5-6H2,1H3,(H2,14,17)(H,15,16)(H,18,19). The minimum absolute atomic E-state index is 0.209. The van der Waals surface area contributed by atoms with Crippen LogP contribution in [0.25, 0.3) is 0 Å². The summed E-state index contributed by atoms with van der Waals surface area (Å²) in [5.41, 5.74) is 6.35. The van der Waals surface area contributed by atoms with Gasteiger partial charge < -0.3 is 20.9 Å². The van der Waals surface area contributed by atoms with Crippen molar-refractivity contribution in [1.82, 2.24) is 4.98 Å². The summed E-state index contributed by atoms with van der Waals surface area (Å²) < 4.78 is 5.37. The molecule has 7 nitrogen and oxygen atoms in total. The number of aryl methyl sites for hydroxylation is 1. The lowest BCUT2D eigenvalue weighted by molar-refractivity contribution is -0.149. The monoisotopic (exact) mass is 279 g/mol. The van der Waals surface area contributed by atoms with E-state index in [0.717, 1.165) is 5.69 Å². The van der Waals surface area contributed by atoms with Crippen molar-refractivity contribution in [2.45, 2.75) is 32.0 Å². The Labute approximate surface area is 116 Å². The molecule has 20 heavy (non-hydrogen) atoms. The zero-order valence-corrected chi connectivity index (χ0v) is 11.1. The molecule has 1 fully saturated rings. The molecule has 108 valence electrons. The van der Waals surface area contributed by atoms with Crippen molar-refractivity contribution in [3.63, 3.8) is 0 Å². The molecule has 4 N–H and O–H groups in total. The number of anilines is 1. The Hall–Kier alpha value is -2.15. The first-order valence-electron chi connectivity index (χ1n) is 6.37. The first kappa shape index (κ1) is 14.3. The fourth-order valence-electron chi connectivity index (χ4n) is 2.14. The van der Waals surface area contributed by atoms with Crippen molar-refractivity contribution in [2.24, 2.45) is 5.73 Å². The number of aliphatic carboxylic acids is 1. The van der Waals surface area contributed by atoms with E-state index in [0.29, 0.717) is 30.8 Å². The van der Waals surface area contributed by atoms with Gasteiger partial charge >= 0.3 is 5.97 Å². The zero-order valence-electron chi connectivity index (χ0n) is 11.1. The van der Waals surface area contributed by atoms with E-state index in [1.807, 2.05) is 6.92 Å². The minimum atomic E-state index is -0.945. The lowest BCUT2D eigenvalue weighted by atomic mass is 10.2. The normalized spacial score (nSPS) is 21.6. The molecule has 2 rings (SSSR count). The van der Waals surface area contributed by atoms with Crippen LogP contribution in [0.3, 0.4) is 0 Å². The third-order valence-corrected chi connectivity index (χ3v) is 3.18. The summed E-state index contributed by atoms with van der Waals surface area (Å²) in [6.45, 7) is 2.20. The van der Waals surface area contributed by atoms with E-state index in [9.17, 15) is 9.59 Å². The van der Waals surface area contributed by atoms with Crippen LogP contribution in [0.1, 0.15) is 28.9 Å². The van der Waals surface area contributed by atoms with E-state index >= 15 is 0 Å². The van der Waals surface area contributed by atoms with Crippen LogP contribution in [0.4, 0.5) is 5.82 Å². The van der Waals surface area contributed by atoms with E-state index in [2.05, 4.69) is 10.3 Å². The first-order valence-corrected chi connectivity index (χ1v) is 6.37. The maximum absolute atomic E-state index is 11.3. The van der Waals surface area contributed by atoms with Gasteiger partial charge in [0.25, 0.3) is 5.91 Å². The lowest BCUT2D eigenvalue weighted by Gasteiger charge is -2.14. The zero-order chi connectivity index (χ0) is 14.7. The number of carboxylic acid groups (broad SMARTS) is 1. The summed E-state index contributed by atoms with van der Waals surface area (Å²) in [4.78, 5) is 26.3. The second-order valence-corrected chi connectivity index (χ2v) is 4.76. The van der Waals surface area contributed by atoms with Crippen molar-refractivity contribution in [2.75, 3.05) is 11.9 Å². The Kier molecular flexibility index (Phi) is 4.19. The number of carboxylic acids is 1. The second-order valence-electron chi connectivity index (χ2n) is 4.76. The van der Waals surface area contributed by atoms with E-state index in [-0.39, 0.29) is 6.10 Å². The van der Waals surface area contributed by atoms with Gasteiger partial charge in [-0.15, -0.1) is 0 Å². The smallest absolute Gasteiger partial charge is 0.332 e. The largest absolute Gasteiger partial charge is 0.479 e. The summed E-state index contributed by atoms with van der Waals surface area (Å²) in [7, 11) is 0. The van der Waals surface area contributed by atoms with Crippen LogP contribution in [-0.2, 0) is 9.53 Å². The molecule has 1 aliphatic rings. The average Bonchev–Trinajstić information content (AvgIpc) is 2.85. The number of nitrogens with zero attached hydrogens (tertiary/aromatic N) is 1. The highest BCUT2D eigenvalue weighted by atomic mass is 16.5. The number of nitrogens with one attached hydrogen (secondary N) is 1. The van der Waals surface area contributed by atoms with Gasteiger partial charge in [-0.1, -0.05) is 0 Å². The van der Waals surface area contributed by atoms with Gasteiger partial charge in [0.05, 0.1) is 11.7 Å². The molecule has 1 saturated heterocycles. The fraction of sp³-hybridized carbons (Fsp3) is 0.462. The number of rotatable bonds is 5. The van der Waals surface area contributed by atoms with Gasteiger partial charge in [0.2, 0.25) is 0 Å². The highest BCUT2D eigenvalue weighted by Gasteiger charge is 2.30. The molecule has 1 aromatic heterocycles. The van der Waals surface area contributed by atoms with Gasteiger partial charge in [0.1, 0.15) is 5.82 Å². The third-order valence-electron chi connectivity index (χ3n) is 3.18. The summed E-state index contributed by atoms with van der Waals surface area (Å²) in [6.07, 6.45) is 0.190. The summed E-state index contributed by atoms with van der Waals surface area (Å²) in [5.74, 6) is -1.10. The first-order chi connectivity index (χ1) is 9.47. The number of carbonyl (C=O) groups excluding carboxylic acids is 1. The maximum atomic E-state index is 11.3. The van der Waals surface area contributed by atoms with Crippen LogP contribution in [0.15, 0.2) is 12.1 Å². The molecule has 0 radical (unpaired) electrons. The summed E-state index contributed by atoms with van der Waals surface area (Å²) in [5, 5.41) is 11.9. The Balaban J connectivity index is 1.99. The van der Waals surface area contributed by atoms with Crippen LogP contribution in [0, 0.1) is 6.92 Å². The molecular weight excluding hydrogens is 262 g/mol. The molecule has 2 unspecified atom stereocenters. The maximum Gasteiger partial charge on any atom is 0.332 e. The predicted molar refractivity (Wildman–Crippen MR) is 71.5 cm³/mol. The van der Waals surface area contributed by atoms with E-state index in [1.54, 1.807) is 12.1 Å². The fourth-order valence-corrected chi connectivity index (χ4v) is 2.14. The summed E-state index contributed by atoms with van der Waals surface area (Å²) >= 11 is 0. The SMILES string of the molecule is Cc1ccc(C(N)=O)c(NCC2CCC(C(=O)O)O2)n1. The number of ether oxygens (including phenoxy) is 1. The molecule has 1 amide bonds. The average molecular weight is 279 g/mol. The molecule has 0 bridgehead atoms. The van der Waals surface area contributed by atoms with Crippen LogP contribution in [0.5, 0.6) is 0 Å². The molecule has 2 atom stereocenters. The van der Waals surface area contributed by atoms with Crippen LogP contribution >= 0.6 is 0 Å². The molecule has 0 aliphatic carbocycles. The molecule has 0 saturated carbocycles. The van der Waals surface area contributed by atoms with Crippen molar-refractivity contribution < 1.29 is 19.4 Å². The van der Waals surface area contributed by atoms with Gasteiger partial charge in [-0.25, -0.2) is 9.78 Å². The molecule has 7 heteroatoms. The Morgan fingerprint density at radius 3 is 2.85 bits per heavy atom. The topological polar surface area (TPSA) is 115 Å². The Morgan fingerprint density at radius 1 is 1.50 bits per heavy atom. The van der Waals surface area contributed by atoms with Gasteiger partial charge in [-0.3, -0.25) is 4.79 Å². The number of nitrogens with two attached hydrogens (primary N) is 1. The van der Waals surface area contributed by atoms with Gasteiger partial charge in [0.15, 0.2) is 6.10 Å². The molecule has 0 aromatic carbocycles. The van der Waals surface area contributed by atoms with E-state index in [4.69, 9.17) is 15.6 Å². The molecular formula is C13H17N3O4. The highest BCUT2D eigenvalue weighted by molar-refractivity contribution is 5.97. The van der Waals surface area contributed by atoms with Crippen molar-refractivity contribution in [1.29, 1.82) is 0 Å². The number of pyridine rings is 1. The van der Waals surface area contributed by atoms with Crippen LogP contribution in [-0.4, -0.2) is 40.7 Å². The third kappa shape index (κ3) is 3.24. The number of primary amides is 1. The Bertz CT molecular complexity index is 532. The molecule has 0 spiro atoms. The lowest BCUT2D eigenvalue weighted by Crippen LogP contribution is -2.25. The molecule has 2 heterocycles.